The molecule has 1 spiro atoms. The Labute approximate surface area is 166 Å². The van der Waals surface area contributed by atoms with Gasteiger partial charge < -0.3 is 14.2 Å². The third-order valence-electron chi connectivity index (χ3n) is 5.61. The van der Waals surface area contributed by atoms with Crippen LogP contribution in [0, 0.1) is 5.41 Å². The van der Waals surface area contributed by atoms with Gasteiger partial charge in [0.1, 0.15) is 22.8 Å². The number of hydrogen-bond donors (Lipinski definition) is 1. The monoisotopic (exact) mass is 395 g/mol. The van der Waals surface area contributed by atoms with Crippen molar-refractivity contribution in [3.63, 3.8) is 0 Å². The summed E-state index contributed by atoms with van der Waals surface area (Å²) in [7, 11) is 0. The summed E-state index contributed by atoms with van der Waals surface area (Å²) in [5, 5.41) is 19.1. The molecular weight excluding hydrogens is 374 g/mol. The van der Waals surface area contributed by atoms with Gasteiger partial charge in [0, 0.05) is 17.2 Å². The predicted octanol–water partition coefficient (Wildman–Crippen LogP) is 1.82. The van der Waals surface area contributed by atoms with Gasteiger partial charge in [0.2, 0.25) is 0 Å². The number of hydrogen-bond acceptors (Lipinski definition) is 8. The molecule has 3 aromatic heterocycles. The Kier molecular flexibility index (Phi) is 3.88. The summed E-state index contributed by atoms with van der Waals surface area (Å²) < 4.78 is 19.5. The fourth-order valence-corrected chi connectivity index (χ4v) is 3.42. The summed E-state index contributed by atoms with van der Waals surface area (Å²) in [4.78, 5) is 4.59. The lowest BCUT2D eigenvalue weighted by atomic mass is 10.1. The van der Waals surface area contributed by atoms with E-state index in [-0.39, 0.29) is 17.8 Å². The van der Waals surface area contributed by atoms with Gasteiger partial charge in [0.25, 0.3) is 0 Å². The lowest BCUT2D eigenvalue weighted by Gasteiger charge is -2.29. The fourth-order valence-electron chi connectivity index (χ4n) is 3.42. The second-order valence-corrected chi connectivity index (χ2v) is 8.12. The molecule has 2 saturated carbocycles. The van der Waals surface area contributed by atoms with Crippen LogP contribution in [-0.2, 0) is 16.0 Å². The molecule has 10 nitrogen and oxygen atoms in total. The number of ether oxygens (including phenoxy) is 3. The molecule has 0 bridgehead atoms. The van der Waals surface area contributed by atoms with Gasteiger partial charge in [-0.2, -0.15) is 15.4 Å². The van der Waals surface area contributed by atoms with E-state index in [9.17, 15) is 0 Å². The van der Waals surface area contributed by atoms with Crippen LogP contribution >= 0.6 is 0 Å². The van der Waals surface area contributed by atoms with E-state index in [0.717, 1.165) is 31.6 Å². The Morgan fingerprint density at radius 2 is 2.03 bits per heavy atom. The molecule has 6 rings (SSSR count). The molecule has 0 unspecified atom stereocenters. The van der Waals surface area contributed by atoms with Crippen LogP contribution in [0.1, 0.15) is 25.7 Å². The first kappa shape index (κ1) is 17.0. The molecule has 0 amide bonds. The van der Waals surface area contributed by atoms with Crippen LogP contribution in [0.3, 0.4) is 0 Å². The Morgan fingerprint density at radius 3 is 2.76 bits per heavy atom. The van der Waals surface area contributed by atoms with Gasteiger partial charge in [0.15, 0.2) is 6.29 Å². The molecule has 2 aliphatic carbocycles. The van der Waals surface area contributed by atoms with Crippen molar-refractivity contribution < 1.29 is 14.2 Å². The molecule has 3 fully saturated rings. The van der Waals surface area contributed by atoms with Crippen molar-refractivity contribution in [2.24, 2.45) is 5.41 Å². The zero-order valence-electron chi connectivity index (χ0n) is 15.8. The first-order valence-electron chi connectivity index (χ1n) is 9.93. The molecule has 3 aliphatic rings. The van der Waals surface area contributed by atoms with Crippen molar-refractivity contribution in [3.05, 3.63) is 24.7 Å². The Hall–Kier alpha value is -2.85. The summed E-state index contributed by atoms with van der Waals surface area (Å²) in [5.74, 6) is 0.681. The maximum Gasteiger partial charge on any atom is 0.177 e. The second kappa shape index (κ2) is 6.60. The zero-order valence-corrected chi connectivity index (χ0v) is 15.8. The number of rotatable bonds is 6. The van der Waals surface area contributed by atoms with Crippen molar-refractivity contribution in [3.8, 4) is 28.4 Å². The minimum absolute atomic E-state index is 0.233. The quantitative estimate of drug-likeness (QED) is 0.672. The second-order valence-electron chi connectivity index (χ2n) is 8.12. The minimum Gasteiger partial charge on any atom is -0.488 e. The van der Waals surface area contributed by atoms with Crippen LogP contribution < -0.4 is 4.74 Å². The summed E-state index contributed by atoms with van der Waals surface area (Å²) in [6, 6.07) is 1.93. The SMILES string of the molecule is c1nc(-c2cn(CC3OCC4(CC4)CO3)nn2)c(OC2CC2)cc1-c1cn[nH]n1. The van der Waals surface area contributed by atoms with Crippen LogP contribution in [0.15, 0.2) is 24.7 Å². The van der Waals surface area contributed by atoms with Crippen LogP contribution in [0.25, 0.3) is 22.6 Å². The first-order chi connectivity index (χ1) is 14.3. The molecular formula is C19H21N7O3. The van der Waals surface area contributed by atoms with Crippen LogP contribution in [0.5, 0.6) is 5.75 Å². The van der Waals surface area contributed by atoms with Gasteiger partial charge in [-0.1, -0.05) is 5.21 Å². The number of nitrogens with zero attached hydrogens (tertiary/aromatic N) is 6. The third kappa shape index (κ3) is 3.49. The first-order valence-corrected chi connectivity index (χ1v) is 9.93. The maximum absolute atomic E-state index is 6.09. The van der Waals surface area contributed by atoms with E-state index in [4.69, 9.17) is 14.2 Å². The lowest BCUT2D eigenvalue weighted by molar-refractivity contribution is -0.213. The minimum atomic E-state index is -0.291. The van der Waals surface area contributed by atoms with Crippen LogP contribution in [0.4, 0.5) is 0 Å². The van der Waals surface area contributed by atoms with Crippen LogP contribution in [0.2, 0.25) is 0 Å². The van der Waals surface area contributed by atoms with E-state index in [1.54, 1.807) is 17.1 Å². The van der Waals surface area contributed by atoms with Crippen molar-refractivity contribution in [2.45, 2.75) is 44.6 Å². The summed E-state index contributed by atoms with van der Waals surface area (Å²) in [6.07, 6.45) is 9.71. The largest absolute Gasteiger partial charge is 0.488 e. The van der Waals surface area contributed by atoms with E-state index >= 15 is 0 Å². The molecule has 1 saturated heterocycles. The van der Waals surface area contributed by atoms with Crippen molar-refractivity contribution in [1.29, 1.82) is 0 Å². The highest BCUT2D eigenvalue weighted by Gasteiger charge is 2.47. The average molecular weight is 395 g/mol. The van der Waals surface area contributed by atoms with Crippen molar-refractivity contribution in [1.82, 2.24) is 35.4 Å². The van der Waals surface area contributed by atoms with E-state index in [0.29, 0.717) is 29.4 Å². The van der Waals surface area contributed by atoms with Gasteiger partial charge in [-0.25, -0.2) is 9.67 Å². The number of pyridine rings is 1. The molecule has 3 aromatic rings. The Morgan fingerprint density at radius 1 is 1.17 bits per heavy atom. The molecule has 4 heterocycles. The standard InChI is InChI=1S/C19H21N7O3/c1-2-13(1)29-16-5-12(14-7-21-24-22-14)6-20-18(16)15-8-26(25-23-15)9-17-27-10-19(3-4-19)11-28-17/h5-8,13,17H,1-4,9-11H2,(H,21,22,24). The number of aromatic nitrogens is 7. The summed E-state index contributed by atoms with van der Waals surface area (Å²) in [5.41, 5.74) is 3.16. The Balaban J connectivity index is 1.22. The van der Waals surface area contributed by atoms with E-state index < -0.39 is 0 Å². The molecule has 150 valence electrons. The van der Waals surface area contributed by atoms with E-state index in [1.807, 2.05) is 12.3 Å². The highest BCUT2D eigenvalue weighted by atomic mass is 16.7. The molecule has 0 atom stereocenters. The van der Waals surface area contributed by atoms with Crippen LogP contribution in [-0.4, -0.2) is 61.0 Å². The number of H-pyrrole nitrogens is 1. The summed E-state index contributed by atoms with van der Waals surface area (Å²) in [6.45, 7) is 2.03. The van der Waals surface area contributed by atoms with E-state index in [1.165, 1.54) is 12.8 Å². The van der Waals surface area contributed by atoms with Crippen molar-refractivity contribution >= 4 is 0 Å². The maximum atomic E-state index is 6.09. The number of nitrogens with one attached hydrogen (secondary N) is 1. The molecule has 10 heteroatoms. The third-order valence-corrected chi connectivity index (χ3v) is 5.61. The highest BCUT2D eigenvalue weighted by molar-refractivity contribution is 5.68. The molecule has 0 radical (unpaired) electrons. The lowest BCUT2D eigenvalue weighted by Crippen LogP contribution is -2.36. The Bertz CT molecular complexity index is 1000. The smallest absolute Gasteiger partial charge is 0.177 e. The molecule has 1 N–H and O–H groups in total. The van der Waals surface area contributed by atoms with Gasteiger partial charge in [-0.05, 0) is 31.7 Å². The highest BCUT2D eigenvalue weighted by Crippen LogP contribution is 2.48. The number of aromatic amines is 1. The van der Waals surface area contributed by atoms with Gasteiger partial charge in [-0.15, -0.1) is 5.10 Å². The van der Waals surface area contributed by atoms with Gasteiger partial charge in [-0.3, -0.25) is 0 Å². The predicted molar refractivity (Wildman–Crippen MR) is 99.6 cm³/mol. The normalized spacial score (nSPS) is 20.8. The average Bonchev–Trinajstić information content (AvgIpc) is 3.58. The molecule has 0 aromatic carbocycles. The van der Waals surface area contributed by atoms with Gasteiger partial charge >= 0.3 is 0 Å². The van der Waals surface area contributed by atoms with Gasteiger partial charge in [0.05, 0.1) is 38.3 Å². The topological polar surface area (TPSA) is 113 Å². The molecule has 1 aliphatic heterocycles. The molecule has 29 heavy (non-hydrogen) atoms. The van der Waals surface area contributed by atoms with E-state index in [2.05, 4.69) is 30.7 Å². The van der Waals surface area contributed by atoms with Crippen molar-refractivity contribution in [2.75, 3.05) is 13.2 Å². The summed E-state index contributed by atoms with van der Waals surface area (Å²) >= 11 is 0. The zero-order chi connectivity index (χ0) is 19.3. The fraction of sp³-hybridized carbons (Fsp3) is 0.526.